The van der Waals surface area contributed by atoms with Crippen LogP contribution in [0.5, 0.6) is 5.75 Å². The van der Waals surface area contributed by atoms with Gasteiger partial charge in [0.2, 0.25) is 5.91 Å². The molecular formula is C18H19N3O2S2. The third-order valence-electron chi connectivity index (χ3n) is 3.95. The third-order valence-corrected chi connectivity index (χ3v) is 6.17. The molecule has 130 valence electrons. The van der Waals surface area contributed by atoms with E-state index in [1.165, 1.54) is 22.2 Å². The summed E-state index contributed by atoms with van der Waals surface area (Å²) in [6.45, 7) is 6.02. The van der Waals surface area contributed by atoms with Crippen molar-refractivity contribution in [3.63, 3.8) is 0 Å². The number of carbonyl (C=O) groups excluding carboxylic acids is 1. The zero-order valence-electron chi connectivity index (χ0n) is 14.5. The van der Waals surface area contributed by atoms with Crippen LogP contribution in [0, 0.1) is 13.8 Å². The number of thiophene rings is 1. The summed E-state index contributed by atoms with van der Waals surface area (Å²) in [6, 6.07) is 7.37. The van der Waals surface area contributed by atoms with Crippen LogP contribution in [0.2, 0.25) is 0 Å². The number of nitrogens with one attached hydrogen (secondary N) is 1. The minimum absolute atomic E-state index is 0.0918. The zero-order chi connectivity index (χ0) is 18.0. The van der Waals surface area contributed by atoms with Gasteiger partial charge in [0.25, 0.3) is 0 Å². The number of para-hydroxylation sites is 2. The Morgan fingerprint density at radius 3 is 2.80 bits per heavy atom. The number of aryl methyl sites for hydroxylation is 2. The molecule has 0 unspecified atom stereocenters. The molecule has 0 spiro atoms. The number of hydrogen-bond donors (Lipinski definition) is 1. The number of thioether (sulfide) groups is 1. The number of carbonyl (C=O) groups is 1. The van der Waals surface area contributed by atoms with E-state index in [1.54, 1.807) is 24.8 Å². The first-order valence-electron chi connectivity index (χ1n) is 7.82. The number of amides is 1. The summed E-state index contributed by atoms with van der Waals surface area (Å²) in [7, 11) is 1.59. The van der Waals surface area contributed by atoms with Crippen molar-refractivity contribution >= 4 is 44.9 Å². The molecule has 0 saturated heterocycles. The Balaban J connectivity index is 1.80. The van der Waals surface area contributed by atoms with Crippen molar-refractivity contribution < 1.29 is 9.53 Å². The first-order valence-corrected chi connectivity index (χ1v) is 9.52. The molecule has 25 heavy (non-hydrogen) atoms. The van der Waals surface area contributed by atoms with Crippen molar-refractivity contribution in [3.05, 3.63) is 41.0 Å². The topological polar surface area (TPSA) is 64.1 Å². The van der Waals surface area contributed by atoms with Crippen molar-refractivity contribution in [2.45, 2.75) is 31.0 Å². The average Bonchev–Trinajstić information content (AvgIpc) is 2.90. The summed E-state index contributed by atoms with van der Waals surface area (Å²) in [5, 5.41) is 4.51. The van der Waals surface area contributed by atoms with Gasteiger partial charge in [-0.05, 0) is 38.5 Å². The second kappa shape index (κ2) is 7.41. The fourth-order valence-corrected chi connectivity index (χ4v) is 4.48. The number of ether oxygens (including phenoxy) is 1. The zero-order valence-corrected chi connectivity index (χ0v) is 16.1. The maximum absolute atomic E-state index is 12.6. The van der Waals surface area contributed by atoms with Crippen molar-refractivity contribution in [1.82, 2.24) is 9.97 Å². The lowest BCUT2D eigenvalue weighted by atomic mass is 10.2. The smallest absolute Gasteiger partial charge is 0.237 e. The minimum Gasteiger partial charge on any atom is -0.495 e. The summed E-state index contributed by atoms with van der Waals surface area (Å²) in [6.07, 6.45) is 1.56. The molecule has 0 bridgehead atoms. The molecule has 1 atom stereocenters. The lowest BCUT2D eigenvalue weighted by Gasteiger charge is -2.14. The van der Waals surface area contributed by atoms with Crippen LogP contribution in [0.4, 0.5) is 5.69 Å². The van der Waals surface area contributed by atoms with Crippen LogP contribution in [-0.2, 0) is 4.79 Å². The quantitative estimate of drug-likeness (QED) is 0.529. The maximum Gasteiger partial charge on any atom is 0.237 e. The molecule has 2 heterocycles. The Bertz CT molecular complexity index is 924. The van der Waals surface area contributed by atoms with Crippen LogP contribution in [-0.4, -0.2) is 28.2 Å². The molecule has 3 rings (SSSR count). The van der Waals surface area contributed by atoms with E-state index in [-0.39, 0.29) is 11.2 Å². The number of hydrogen-bond acceptors (Lipinski definition) is 6. The molecular weight excluding hydrogens is 354 g/mol. The van der Waals surface area contributed by atoms with Crippen LogP contribution in [0.15, 0.2) is 35.6 Å². The highest BCUT2D eigenvalue weighted by molar-refractivity contribution is 8.00. The first-order chi connectivity index (χ1) is 12.0. The number of benzene rings is 1. The van der Waals surface area contributed by atoms with Gasteiger partial charge < -0.3 is 10.1 Å². The van der Waals surface area contributed by atoms with Gasteiger partial charge in [0.05, 0.1) is 18.0 Å². The van der Waals surface area contributed by atoms with E-state index in [1.807, 2.05) is 31.2 Å². The molecule has 0 fully saturated rings. The van der Waals surface area contributed by atoms with Gasteiger partial charge in [-0.2, -0.15) is 0 Å². The molecule has 0 aliphatic carbocycles. The van der Waals surface area contributed by atoms with Crippen LogP contribution >= 0.6 is 23.1 Å². The Kier molecular flexibility index (Phi) is 5.24. The van der Waals surface area contributed by atoms with Crippen molar-refractivity contribution in [3.8, 4) is 5.75 Å². The van der Waals surface area contributed by atoms with Crippen molar-refractivity contribution in [2.75, 3.05) is 12.4 Å². The summed E-state index contributed by atoms with van der Waals surface area (Å²) < 4.78 is 5.28. The minimum atomic E-state index is -0.303. The van der Waals surface area contributed by atoms with Crippen molar-refractivity contribution in [2.24, 2.45) is 0 Å². The highest BCUT2D eigenvalue weighted by atomic mass is 32.2. The van der Waals surface area contributed by atoms with Crippen LogP contribution in [0.3, 0.4) is 0 Å². The van der Waals surface area contributed by atoms with E-state index in [0.717, 1.165) is 15.2 Å². The number of methoxy groups -OCH3 is 1. The monoisotopic (exact) mass is 373 g/mol. The van der Waals surface area contributed by atoms with Gasteiger partial charge in [-0.3, -0.25) is 4.79 Å². The molecule has 7 heteroatoms. The molecule has 1 aromatic carbocycles. The molecule has 0 aliphatic heterocycles. The fraction of sp³-hybridized carbons (Fsp3) is 0.278. The average molecular weight is 374 g/mol. The van der Waals surface area contributed by atoms with E-state index in [0.29, 0.717) is 11.4 Å². The Hall–Kier alpha value is -2.12. The Morgan fingerprint density at radius 2 is 2.04 bits per heavy atom. The fourth-order valence-electron chi connectivity index (χ4n) is 2.44. The highest BCUT2D eigenvalue weighted by Crippen LogP contribution is 2.36. The first kappa shape index (κ1) is 17.7. The Labute approximate surface area is 154 Å². The lowest BCUT2D eigenvalue weighted by Crippen LogP contribution is -2.22. The standard InChI is InChI=1S/C18H19N3O2S2/c1-10-11(2)24-17-15(10)18(20-9-19-17)25-12(3)16(22)21-13-7-5-6-8-14(13)23-4/h5-9,12H,1-4H3,(H,21,22)/t12-/m1/s1. The van der Waals surface area contributed by atoms with E-state index in [4.69, 9.17) is 4.74 Å². The molecule has 5 nitrogen and oxygen atoms in total. The number of nitrogens with zero attached hydrogens (tertiary/aromatic N) is 2. The second-order valence-corrected chi connectivity index (χ2v) is 8.12. The summed E-state index contributed by atoms with van der Waals surface area (Å²) >= 11 is 3.10. The molecule has 0 aliphatic rings. The van der Waals surface area contributed by atoms with Crippen molar-refractivity contribution in [1.29, 1.82) is 0 Å². The van der Waals surface area contributed by atoms with Gasteiger partial charge in [-0.15, -0.1) is 11.3 Å². The van der Waals surface area contributed by atoms with Crippen LogP contribution in [0.1, 0.15) is 17.4 Å². The predicted octanol–water partition coefficient (Wildman–Crippen LogP) is 4.44. The van der Waals surface area contributed by atoms with E-state index >= 15 is 0 Å². The van der Waals surface area contributed by atoms with Gasteiger partial charge in [0, 0.05) is 10.3 Å². The normalized spacial score (nSPS) is 12.2. The van der Waals surface area contributed by atoms with Gasteiger partial charge >= 0.3 is 0 Å². The lowest BCUT2D eigenvalue weighted by molar-refractivity contribution is -0.115. The number of fused-ring (bicyclic) bond motifs is 1. The van der Waals surface area contributed by atoms with Gasteiger partial charge in [0.1, 0.15) is 21.9 Å². The van der Waals surface area contributed by atoms with Crippen LogP contribution in [0.25, 0.3) is 10.2 Å². The number of anilines is 1. The van der Waals surface area contributed by atoms with E-state index in [9.17, 15) is 4.79 Å². The third kappa shape index (κ3) is 3.62. The molecule has 0 saturated carbocycles. The molecule has 2 aromatic heterocycles. The molecule has 0 radical (unpaired) electrons. The largest absolute Gasteiger partial charge is 0.495 e. The number of aromatic nitrogens is 2. The second-order valence-electron chi connectivity index (χ2n) is 5.59. The molecule has 3 aromatic rings. The predicted molar refractivity (Wildman–Crippen MR) is 104 cm³/mol. The Morgan fingerprint density at radius 1 is 1.28 bits per heavy atom. The number of rotatable bonds is 5. The molecule has 1 N–H and O–H groups in total. The maximum atomic E-state index is 12.6. The van der Waals surface area contributed by atoms with E-state index < -0.39 is 0 Å². The molecule has 1 amide bonds. The van der Waals surface area contributed by atoms with Crippen LogP contribution < -0.4 is 10.1 Å². The SMILES string of the molecule is COc1ccccc1NC(=O)[C@@H](C)Sc1ncnc2sc(C)c(C)c12. The highest BCUT2D eigenvalue weighted by Gasteiger charge is 2.20. The van der Waals surface area contributed by atoms with E-state index in [2.05, 4.69) is 29.1 Å². The van der Waals surface area contributed by atoms with Gasteiger partial charge in [0.15, 0.2) is 0 Å². The summed E-state index contributed by atoms with van der Waals surface area (Å²) in [5.41, 5.74) is 1.85. The van der Waals surface area contributed by atoms with Gasteiger partial charge in [-0.1, -0.05) is 23.9 Å². The summed E-state index contributed by atoms with van der Waals surface area (Å²) in [5.74, 6) is 0.549. The summed E-state index contributed by atoms with van der Waals surface area (Å²) in [4.78, 5) is 23.5. The van der Waals surface area contributed by atoms with Gasteiger partial charge in [-0.25, -0.2) is 9.97 Å².